The molecule has 0 bridgehead atoms. The largest absolute Gasteiger partial charge is 0.494 e. The minimum absolute atomic E-state index is 0.130. The molecular formula is C28H34N2O4. The molecule has 0 spiro atoms. The standard InChI is InChI=1S/C28H34N2O4/c1-6-15-33-21-11-9-20(10-12-21)25-24-26(31)22-16-18(4)19(5)17-23(22)34-27(24)28(32)30(25)14-13-29(7-2)8-3/h9-12,16-17,25H,6-8,13-15H2,1-5H3. The van der Waals surface area contributed by atoms with E-state index in [2.05, 4.69) is 25.7 Å². The summed E-state index contributed by atoms with van der Waals surface area (Å²) in [6.07, 6.45) is 0.929. The Kier molecular flexibility index (Phi) is 7.08. The van der Waals surface area contributed by atoms with Crippen molar-refractivity contribution in [1.82, 2.24) is 9.80 Å². The SMILES string of the molecule is CCCOc1ccc(C2c3c(oc4cc(C)c(C)cc4c3=O)C(=O)N2CCN(CC)CC)cc1. The normalized spacial score (nSPS) is 15.4. The highest BCUT2D eigenvalue weighted by molar-refractivity contribution is 5.99. The van der Waals surface area contributed by atoms with Crippen LogP contribution in [0.3, 0.4) is 0 Å². The number of nitrogens with zero attached hydrogens (tertiary/aromatic N) is 2. The molecule has 34 heavy (non-hydrogen) atoms. The molecule has 6 nitrogen and oxygen atoms in total. The Morgan fingerprint density at radius 3 is 2.32 bits per heavy atom. The number of hydrogen-bond donors (Lipinski definition) is 0. The first-order valence-corrected chi connectivity index (χ1v) is 12.2. The van der Waals surface area contributed by atoms with E-state index in [1.807, 2.05) is 50.2 Å². The van der Waals surface area contributed by atoms with Gasteiger partial charge >= 0.3 is 0 Å². The Bertz CT molecular complexity index is 1240. The molecule has 1 amide bonds. The van der Waals surface area contributed by atoms with Gasteiger partial charge in [-0.3, -0.25) is 9.59 Å². The maximum Gasteiger partial charge on any atom is 0.290 e. The van der Waals surface area contributed by atoms with E-state index < -0.39 is 6.04 Å². The van der Waals surface area contributed by atoms with Crippen LogP contribution in [0.5, 0.6) is 5.75 Å². The van der Waals surface area contributed by atoms with E-state index >= 15 is 0 Å². The fraction of sp³-hybridized carbons (Fsp3) is 0.429. The van der Waals surface area contributed by atoms with Crippen LogP contribution in [-0.2, 0) is 0 Å². The molecule has 180 valence electrons. The van der Waals surface area contributed by atoms with E-state index in [-0.39, 0.29) is 17.1 Å². The summed E-state index contributed by atoms with van der Waals surface area (Å²) in [4.78, 5) is 31.4. The summed E-state index contributed by atoms with van der Waals surface area (Å²) >= 11 is 0. The lowest BCUT2D eigenvalue weighted by Gasteiger charge is -2.28. The van der Waals surface area contributed by atoms with Crippen molar-refractivity contribution >= 4 is 16.9 Å². The number of carbonyl (C=O) groups is 1. The van der Waals surface area contributed by atoms with Crippen molar-refractivity contribution < 1.29 is 13.9 Å². The summed E-state index contributed by atoms with van der Waals surface area (Å²) in [6.45, 7) is 13.9. The summed E-state index contributed by atoms with van der Waals surface area (Å²) in [5.74, 6) is 0.716. The zero-order valence-corrected chi connectivity index (χ0v) is 20.8. The van der Waals surface area contributed by atoms with Crippen molar-refractivity contribution in [3.63, 3.8) is 0 Å². The van der Waals surface area contributed by atoms with Crippen molar-refractivity contribution in [2.75, 3.05) is 32.8 Å². The highest BCUT2D eigenvalue weighted by Gasteiger charge is 2.42. The third-order valence-corrected chi connectivity index (χ3v) is 6.80. The Balaban J connectivity index is 1.83. The number of fused-ring (bicyclic) bond motifs is 2. The van der Waals surface area contributed by atoms with Crippen LogP contribution in [0.2, 0.25) is 0 Å². The quantitative estimate of drug-likeness (QED) is 0.443. The average Bonchev–Trinajstić information content (AvgIpc) is 3.12. The van der Waals surface area contributed by atoms with Gasteiger partial charge < -0.3 is 19.0 Å². The lowest BCUT2D eigenvalue weighted by Crippen LogP contribution is -2.37. The average molecular weight is 463 g/mol. The van der Waals surface area contributed by atoms with E-state index in [1.54, 1.807) is 4.90 Å². The third kappa shape index (κ3) is 4.34. The van der Waals surface area contributed by atoms with Crippen LogP contribution in [0.4, 0.5) is 0 Å². The molecule has 0 fully saturated rings. The highest BCUT2D eigenvalue weighted by Crippen LogP contribution is 2.38. The van der Waals surface area contributed by atoms with Gasteiger partial charge in [-0.25, -0.2) is 0 Å². The first-order chi connectivity index (χ1) is 16.4. The lowest BCUT2D eigenvalue weighted by molar-refractivity contribution is 0.0708. The highest BCUT2D eigenvalue weighted by atomic mass is 16.5. The van der Waals surface area contributed by atoms with Crippen LogP contribution in [0, 0.1) is 13.8 Å². The lowest BCUT2D eigenvalue weighted by atomic mass is 9.97. The second-order valence-corrected chi connectivity index (χ2v) is 8.95. The number of benzene rings is 2. The van der Waals surface area contributed by atoms with Gasteiger partial charge in [0.15, 0.2) is 5.43 Å². The maximum atomic E-state index is 13.7. The molecule has 1 aliphatic rings. The number of amides is 1. The van der Waals surface area contributed by atoms with E-state index in [0.717, 1.165) is 48.5 Å². The predicted octanol–water partition coefficient (Wildman–Crippen LogP) is 5.09. The monoisotopic (exact) mass is 462 g/mol. The van der Waals surface area contributed by atoms with Gasteiger partial charge in [0.25, 0.3) is 5.91 Å². The van der Waals surface area contributed by atoms with Crippen molar-refractivity contribution in [3.05, 3.63) is 74.6 Å². The molecule has 0 radical (unpaired) electrons. The minimum atomic E-state index is -0.486. The van der Waals surface area contributed by atoms with E-state index in [1.165, 1.54) is 0 Å². The number of carbonyl (C=O) groups excluding carboxylic acids is 1. The van der Waals surface area contributed by atoms with Crippen LogP contribution in [-0.4, -0.2) is 48.5 Å². The molecule has 6 heteroatoms. The van der Waals surface area contributed by atoms with Crippen molar-refractivity contribution in [2.24, 2.45) is 0 Å². The van der Waals surface area contributed by atoms with Crippen LogP contribution in [0.1, 0.15) is 66.0 Å². The Morgan fingerprint density at radius 1 is 1.00 bits per heavy atom. The number of likely N-dealkylation sites (N-methyl/N-ethyl adjacent to an activating group) is 1. The van der Waals surface area contributed by atoms with Gasteiger partial charge in [-0.2, -0.15) is 0 Å². The summed E-state index contributed by atoms with van der Waals surface area (Å²) in [5.41, 5.74) is 3.70. The molecule has 1 atom stereocenters. The summed E-state index contributed by atoms with van der Waals surface area (Å²) in [6, 6.07) is 11.0. The Morgan fingerprint density at radius 2 is 1.68 bits per heavy atom. The van der Waals surface area contributed by atoms with E-state index in [4.69, 9.17) is 9.15 Å². The number of aryl methyl sites for hydroxylation is 2. The Hall–Kier alpha value is -3.12. The molecule has 2 heterocycles. The molecule has 0 N–H and O–H groups in total. The number of rotatable bonds is 9. The number of hydrogen-bond acceptors (Lipinski definition) is 5. The fourth-order valence-electron chi connectivity index (χ4n) is 4.61. The van der Waals surface area contributed by atoms with Crippen LogP contribution < -0.4 is 10.2 Å². The Labute approximate surface area is 201 Å². The first-order valence-electron chi connectivity index (χ1n) is 12.2. The molecule has 0 saturated heterocycles. The van der Waals surface area contributed by atoms with Crippen LogP contribution >= 0.6 is 0 Å². The molecule has 1 aromatic heterocycles. The van der Waals surface area contributed by atoms with Gasteiger partial charge in [0.05, 0.1) is 23.6 Å². The van der Waals surface area contributed by atoms with Gasteiger partial charge in [0.2, 0.25) is 5.76 Å². The van der Waals surface area contributed by atoms with Gasteiger partial charge in [-0.05, 0) is 74.3 Å². The second-order valence-electron chi connectivity index (χ2n) is 8.95. The summed E-state index contributed by atoms with van der Waals surface area (Å²) in [7, 11) is 0. The van der Waals surface area contributed by atoms with Crippen molar-refractivity contribution in [3.8, 4) is 5.75 Å². The zero-order chi connectivity index (χ0) is 24.4. The summed E-state index contributed by atoms with van der Waals surface area (Å²) in [5, 5.41) is 0.521. The van der Waals surface area contributed by atoms with Gasteiger partial charge in [-0.15, -0.1) is 0 Å². The molecule has 0 saturated carbocycles. The van der Waals surface area contributed by atoms with Crippen molar-refractivity contribution in [1.29, 1.82) is 0 Å². The molecule has 0 aliphatic carbocycles. The van der Waals surface area contributed by atoms with Crippen molar-refractivity contribution in [2.45, 2.75) is 47.1 Å². The van der Waals surface area contributed by atoms with Crippen LogP contribution in [0.15, 0.2) is 45.6 Å². The smallest absolute Gasteiger partial charge is 0.290 e. The van der Waals surface area contributed by atoms with Gasteiger partial charge in [-0.1, -0.05) is 32.9 Å². The third-order valence-electron chi connectivity index (χ3n) is 6.80. The molecule has 2 aromatic carbocycles. The number of ether oxygens (including phenoxy) is 1. The summed E-state index contributed by atoms with van der Waals surface area (Å²) < 4.78 is 11.9. The molecular weight excluding hydrogens is 428 g/mol. The fourth-order valence-corrected chi connectivity index (χ4v) is 4.61. The second kappa shape index (κ2) is 10.0. The maximum absolute atomic E-state index is 13.7. The van der Waals surface area contributed by atoms with Crippen LogP contribution in [0.25, 0.3) is 11.0 Å². The first kappa shape index (κ1) is 24.0. The molecule has 1 aliphatic heterocycles. The van der Waals surface area contributed by atoms with Gasteiger partial charge in [0.1, 0.15) is 11.3 Å². The predicted molar refractivity (Wildman–Crippen MR) is 135 cm³/mol. The topological polar surface area (TPSA) is 63.0 Å². The minimum Gasteiger partial charge on any atom is -0.494 e. The van der Waals surface area contributed by atoms with E-state index in [9.17, 15) is 9.59 Å². The van der Waals surface area contributed by atoms with E-state index in [0.29, 0.717) is 29.7 Å². The molecule has 4 rings (SSSR count). The van der Waals surface area contributed by atoms with Gasteiger partial charge in [0, 0.05) is 13.1 Å². The zero-order valence-electron chi connectivity index (χ0n) is 20.8. The molecule has 3 aromatic rings. The molecule has 1 unspecified atom stereocenters.